The van der Waals surface area contributed by atoms with Crippen molar-refractivity contribution in [3.63, 3.8) is 0 Å². The highest BCUT2D eigenvalue weighted by atomic mass is 16.6. The number of aromatic nitrogens is 2. The Morgan fingerprint density at radius 2 is 1.83 bits per heavy atom. The Morgan fingerprint density at radius 3 is 2.56 bits per heavy atom. The van der Waals surface area contributed by atoms with Gasteiger partial charge in [-0.1, -0.05) is 12.1 Å². The van der Waals surface area contributed by atoms with Crippen LogP contribution in [0.1, 0.15) is 31.9 Å². The lowest BCUT2D eigenvalue weighted by molar-refractivity contribution is -0.136. The number of nitrogens with one attached hydrogen (secondary N) is 1. The molecular weight excluding hydrogens is 462 g/mol. The van der Waals surface area contributed by atoms with Crippen LogP contribution in [0.5, 0.6) is 23.0 Å². The maximum Gasteiger partial charge on any atom is 0.307 e. The summed E-state index contributed by atoms with van der Waals surface area (Å²) in [5.74, 6) is 2.53. The largest absolute Gasteiger partial charge is 0.493 e. The number of benzene rings is 2. The molecule has 4 rings (SSSR count). The summed E-state index contributed by atoms with van der Waals surface area (Å²) in [5.41, 5.74) is 3.16. The van der Waals surface area contributed by atoms with Crippen molar-refractivity contribution in [1.82, 2.24) is 9.97 Å². The Kier molecular flexibility index (Phi) is 8.10. The van der Waals surface area contributed by atoms with Gasteiger partial charge in [0.15, 0.2) is 11.5 Å². The number of ether oxygens (including phenoxy) is 4. The Morgan fingerprint density at radius 1 is 1.06 bits per heavy atom. The minimum atomic E-state index is -0.907. The number of aliphatic carboxylic acids is 1. The highest BCUT2D eigenvalue weighted by Gasteiger charge is 2.17. The van der Waals surface area contributed by atoms with Gasteiger partial charge in [0.2, 0.25) is 0 Å². The smallest absolute Gasteiger partial charge is 0.307 e. The van der Waals surface area contributed by atoms with Gasteiger partial charge < -0.3 is 29.4 Å². The van der Waals surface area contributed by atoms with Gasteiger partial charge in [0.25, 0.3) is 0 Å². The van der Waals surface area contributed by atoms with Gasteiger partial charge in [-0.15, -0.1) is 0 Å². The molecule has 9 heteroatoms. The summed E-state index contributed by atoms with van der Waals surface area (Å²) >= 11 is 0. The fraction of sp³-hybridized carbons (Fsp3) is 0.370. The van der Waals surface area contributed by atoms with Crippen LogP contribution in [0.15, 0.2) is 42.7 Å². The molecule has 0 spiro atoms. The van der Waals surface area contributed by atoms with Gasteiger partial charge >= 0.3 is 5.97 Å². The van der Waals surface area contributed by atoms with Gasteiger partial charge in [-0.3, -0.25) is 4.79 Å². The van der Waals surface area contributed by atoms with Crippen molar-refractivity contribution in [2.24, 2.45) is 0 Å². The molecular formula is C27H31N3O6. The van der Waals surface area contributed by atoms with Crippen LogP contribution in [0.25, 0.3) is 11.3 Å². The van der Waals surface area contributed by atoms with E-state index in [0.29, 0.717) is 61.4 Å². The van der Waals surface area contributed by atoms with E-state index in [2.05, 4.69) is 15.3 Å². The second-order valence-corrected chi connectivity index (χ2v) is 8.56. The van der Waals surface area contributed by atoms with E-state index < -0.39 is 5.97 Å². The van der Waals surface area contributed by atoms with E-state index in [1.54, 1.807) is 6.07 Å². The minimum absolute atomic E-state index is 0.0856. The highest BCUT2D eigenvalue weighted by molar-refractivity contribution is 5.73. The number of anilines is 1. The average molecular weight is 494 g/mol. The van der Waals surface area contributed by atoms with Crippen LogP contribution in [0.2, 0.25) is 0 Å². The van der Waals surface area contributed by atoms with Crippen molar-refractivity contribution >= 4 is 11.8 Å². The van der Waals surface area contributed by atoms with Crippen molar-refractivity contribution in [3.8, 4) is 34.3 Å². The maximum absolute atomic E-state index is 11.2. The zero-order valence-corrected chi connectivity index (χ0v) is 20.7. The molecule has 3 aromatic rings. The van der Waals surface area contributed by atoms with Crippen LogP contribution in [0.3, 0.4) is 0 Å². The van der Waals surface area contributed by atoms with Crippen LogP contribution in [-0.2, 0) is 17.6 Å². The molecule has 0 saturated carbocycles. The molecule has 9 nitrogen and oxygen atoms in total. The molecule has 2 aromatic carbocycles. The third-order valence-electron chi connectivity index (χ3n) is 5.46. The highest BCUT2D eigenvalue weighted by Crippen LogP contribution is 2.37. The van der Waals surface area contributed by atoms with Gasteiger partial charge in [-0.2, -0.15) is 0 Å². The molecule has 1 aromatic heterocycles. The quantitative estimate of drug-likeness (QED) is 0.402. The number of hydrogen-bond donors (Lipinski definition) is 2. The van der Waals surface area contributed by atoms with Crippen molar-refractivity contribution in [3.05, 3.63) is 53.9 Å². The molecule has 0 saturated heterocycles. The third kappa shape index (κ3) is 6.35. The molecule has 0 unspecified atom stereocenters. The molecule has 0 fully saturated rings. The van der Waals surface area contributed by atoms with Crippen molar-refractivity contribution < 1.29 is 28.8 Å². The van der Waals surface area contributed by atoms with E-state index in [4.69, 9.17) is 18.9 Å². The van der Waals surface area contributed by atoms with Crippen LogP contribution in [-0.4, -0.2) is 53.5 Å². The van der Waals surface area contributed by atoms with E-state index in [1.807, 2.05) is 51.1 Å². The van der Waals surface area contributed by atoms with E-state index in [9.17, 15) is 9.90 Å². The molecule has 1 aliphatic rings. The van der Waals surface area contributed by atoms with Gasteiger partial charge in [0, 0.05) is 29.8 Å². The standard InChI is InChI=1S/C27H31N3O6/c1-4-33-22-15-25-24(34-9-10-35-25)12-20(22)7-8-28-26-14-21(29-16-30-26)18-5-6-19(13-27(31)32)23(11-18)36-17(2)3/h5-6,11-12,14-17H,4,7-10,13H2,1-3H3,(H,31,32)(H,28,29,30). The summed E-state index contributed by atoms with van der Waals surface area (Å²) in [5, 5.41) is 12.6. The van der Waals surface area contributed by atoms with Gasteiger partial charge in [0.05, 0.1) is 24.8 Å². The third-order valence-corrected chi connectivity index (χ3v) is 5.46. The first-order valence-electron chi connectivity index (χ1n) is 12.1. The normalized spacial score (nSPS) is 12.3. The van der Waals surface area contributed by atoms with Crippen LogP contribution < -0.4 is 24.3 Å². The topological polar surface area (TPSA) is 112 Å². The van der Waals surface area contributed by atoms with Crippen molar-refractivity contribution in [2.45, 2.75) is 39.7 Å². The second kappa shape index (κ2) is 11.6. The van der Waals surface area contributed by atoms with Crippen molar-refractivity contribution in [1.29, 1.82) is 0 Å². The molecule has 0 amide bonds. The van der Waals surface area contributed by atoms with Crippen molar-refractivity contribution in [2.75, 3.05) is 31.7 Å². The van der Waals surface area contributed by atoms with Crippen LogP contribution >= 0.6 is 0 Å². The number of hydrogen-bond acceptors (Lipinski definition) is 8. The predicted molar refractivity (Wildman–Crippen MR) is 135 cm³/mol. The summed E-state index contributed by atoms with van der Waals surface area (Å²) in [6, 6.07) is 11.2. The minimum Gasteiger partial charge on any atom is -0.493 e. The lowest BCUT2D eigenvalue weighted by Crippen LogP contribution is -2.16. The molecule has 0 atom stereocenters. The number of rotatable bonds is 11. The number of nitrogens with zero attached hydrogens (tertiary/aromatic N) is 2. The van der Waals surface area contributed by atoms with E-state index >= 15 is 0 Å². The number of carboxylic acids is 1. The molecule has 190 valence electrons. The Labute approximate surface area is 210 Å². The van der Waals surface area contributed by atoms with E-state index in [-0.39, 0.29) is 12.5 Å². The first-order chi connectivity index (χ1) is 17.4. The molecule has 36 heavy (non-hydrogen) atoms. The Hall–Kier alpha value is -4.01. The summed E-state index contributed by atoms with van der Waals surface area (Å²) in [6.45, 7) is 8.00. The summed E-state index contributed by atoms with van der Waals surface area (Å²) in [7, 11) is 0. The van der Waals surface area contributed by atoms with Crippen LogP contribution in [0, 0.1) is 0 Å². The molecule has 2 heterocycles. The summed E-state index contributed by atoms with van der Waals surface area (Å²) in [4.78, 5) is 20.0. The predicted octanol–water partition coefficient (Wildman–Crippen LogP) is 4.38. The fourth-order valence-electron chi connectivity index (χ4n) is 3.92. The lowest BCUT2D eigenvalue weighted by atomic mass is 10.0. The fourth-order valence-corrected chi connectivity index (χ4v) is 3.92. The molecule has 0 aliphatic carbocycles. The summed E-state index contributed by atoms with van der Waals surface area (Å²) in [6.07, 6.45) is 2.00. The average Bonchev–Trinajstić information content (AvgIpc) is 2.85. The lowest BCUT2D eigenvalue weighted by Gasteiger charge is -2.21. The monoisotopic (exact) mass is 493 g/mol. The number of carbonyl (C=O) groups is 1. The molecule has 0 radical (unpaired) electrons. The molecule has 1 aliphatic heterocycles. The maximum atomic E-state index is 11.2. The molecule has 0 bridgehead atoms. The zero-order valence-electron chi connectivity index (χ0n) is 20.7. The SMILES string of the molecule is CCOc1cc2c(cc1CCNc1cc(-c3ccc(CC(=O)O)c(OC(C)C)c3)ncn1)OCCO2. The number of fused-ring (bicyclic) bond motifs is 1. The van der Waals surface area contributed by atoms with Gasteiger partial charge in [0.1, 0.15) is 36.9 Å². The van der Waals surface area contributed by atoms with E-state index in [1.165, 1.54) is 6.33 Å². The first kappa shape index (κ1) is 25.1. The summed E-state index contributed by atoms with van der Waals surface area (Å²) < 4.78 is 23.1. The van der Waals surface area contributed by atoms with Gasteiger partial charge in [-0.25, -0.2) is 9.97 Å². The Bertz CT molecular complexity index is 1210. The van der Waals surface area contributed by atoms with Gasteiger partial charge in [-0.05, 0) is 44.9 Å². The first-order valence-corrected chi connectivity index (χ1v) is 12.1. The molecule has 2 N–H and O–H groups in total. The van der Waals surface area contributed by atoms with Crippen LogP contribution in [0.4, 0.5) is 5.82 Å². The second-order valence-electron chi connectivity index (χ2n) is 8.56. The number of carboxylic acid groups (broad SMARTS) is 1. The van der Waals surface area contributed by atoms with E-state index in [0.717, 1.165) is 22.6 Å². The zero-order chi connectivity index (χ0) is 25.5. The Balaban J connectivity index is 1.48.